The minimum absolute atomic E-state index is 0.155. The van der Waals surface area contributed by atoms with E-state index in [9.17, 15) is 5.11 Å². The van der Waals surface area contributed by atoms with E-state index in [2.05, 4.69) is 0 Å². The molecule has 0 aromatic carbocycles. The quantitative estimate of drug-likeness (QED) is 0.412. The largest absolute Gasteiger partial charge is 0.394 e. The number of rotatable bonds is 6. The molecule has 0 heterocycles. The molecule has 80 valence electrons. The summed E-state index contributed by atoms with van der Waals surface area (Å²) in [5, 5.41) is 35.7. The second-order valence-corrected chi connectivity index (χ2v) is 3.15. The number of aliphatic hydroxyl groups excluding tert-OH is 4. The van der Waals surface area contributed by atoms with Gasteiger partial charge in [-0.1, -0.05) is 0 Å². The van der Waals surface area contributed by atoms with E-state index in [1.165, 1.54) is 0 Å². The van der Waals surface area contributed by atoms with Crippen molar-refractivity contribution in [3.8, 4) is 0 Å². The topological polar surface area (TPSA) is 90.2 Å². The fraction of sp³-hybridized carbons (Fsp3) is 1.00. The lowest BCUT2D eigenvalue weighted by Gasteiger charge is -2.26. The summed E-state index contributed by atoms with van der Waals surface area (Å²) in [6.07, 6.45) is -3.56. The van der Waals surface area contributed by atoms with E-state index >= 15 is 0 Å². The van der Waals surface area contributed by atoms with Gasteiger partial charge in [-0.15, -0.1) is 0 Å². The van der Waals surface area contributed by atoms with Gasteiger partial charge in [0, 0.05) is 0 Å². The number of aliphatic hydroxyl groups is 4. The minimum atomic E-state index is -1.28. The van der Waals surface area contributed by atoms with Crippen LogP contribution in [0.5, 0.6) is 0 Å². The molecule has 0 saturated carbocycles. The molecular formula is C8H18O5. The van der Waals surface area contributed by atoms with Crippen molar-refractivity contribution in [1.29, 1.82) is 0 Å². The predicted molar refractivity (Wildman–Crippen MR) is 46.2 cm³/mol. The van der Waals surface area contributed by atoms with Crippen LogP contribution < -0.4 is 0 Å². The fourth-order valence-corrected chi connectivity index (χ4v) is 0.937. The summed E-state index contributed by atoms with van der Waals surface area (Å²) in [4.78, 5) is 0. The van der Waals surface area contributed by atoms with Gasteiger partial charge < -0.3 is 25.2 Å². The molecule has 0 saturated heterocycles. The second kappa shape index (κ2) is 6.28. The lowest BCUT2D eigenvalue weighted by Crippen LogP contribution is -2.44. The Morgan fingerprint density at radius 2 is 1.62 bits per heavy atom. The van der Waals surface area contributed by atoms with Crippen molar-refractivity contribution >= 4 is 0 Å². The van der Waals surface area contributed by atoms with Gasteiger partial charge in [0.2, 0.25) is 0 Å². The summed E-state index contributed by atoms with van der Waals surface area (Å²) in [5.41, 5.74) is 0. The Morgan fingerprint density at radius 3 is 1.92 bits per heavy atom. The molecule has 3 atom stereocenters. The molecule has 5 nitrogen and oxygen atoms in total. The Kier molecular flexibility index (Phi) is 6.19. The molecule has 0 amide bonds. The van der Waals surface area contributed by atoms with Crippen molar-refractivity contribution < 1.29 is 25.2 Å². The lowest BCUT2D eigenvalue weighted by molar-refractivity contribution is -0.131. The van der Waals surface area contributed by atoms with Gasteiger partial charge in [0.05, 0.1) is 19.3 Å². The first-order valence-corrected chi connectivity index (χ1v) is 4.26. The summed E-state index contributed by atoms with van der Waals surface area (Å²) in [5.74, 6) is 0. The molecule has 0 spiro atoms. The molecule has 0 radical (unpaired) electrons. The average molecular weight is 194 g/mol. The molecule has 0 bridgehead atoms. The van der Waals surface area contributed by atoms with Crippen molar-refractivity contribution in [2.24, 2.45) is 0 Å². The monoisotopic (exact) mass is 194 g/mol. The van der Waals surface area contributed by atoms with Crippen molar-refractivity contribution in [2.75, 3.05) is 13.2 Å². The SMILES string of the molecule is CC(C)OC(CO)[C@@H](O)C(O)CO. The maximum absolute atomic E-state index is 9.33. The Labute approximate surface area is 77.6 Å². The van der Waals surface area contributed by atoms with Gasteiger partial charge in [-0.2, -0.15) is 0 Å². The zero-order chi connectivity index (χ0) is 10.4. The van der Waals surface area contributed by atoms with Crippen LogP contribution in [0.1, 0.15) is 13.8 Å². The van der Waals surface area contributed by atoms with Crippen LogP contribution in [0.3, 0.4) is 0 Å². The van der Waals surface area contributed by atoms with E-state index in [0.29, 0.717) is 0 Å². The zero-order valence-corrected chi connectivity index (χ0v) is 7.92. The molecule has 4 N–H and O–H groups in total. The summed E-state index contributed by atoms with van der Waals surface area (Å²) in [6, 6.07) is 0. The lowest BCUT2D eigenvalue weighted by atomic mass is 10.1. The molecule has 0 aliphatic rings. The third-order valence-electron chi connectivity index (χ3n) is 1.59. The first-order valence-electron chi connectivity index (χ1n) is 4.26. The van der Waals surface area contributed by atoms with Gasteiger partial charge in [-0.05, 0) is 13.8 Å². The standard InChI is InChI=1S/C8H18O5/c1-5(2)13-7(4-10)8(12)6(11)3-9/h5-12H,3-4H2,1-2H3/t6?,7?,8-/m0/s1. The van der Waals surface area contributed by atoms with Gasteiger partial charge in [0.15, 0.2) is 0 Å². The fourth-order valence-electron chi connectivity index (χ4n) is 0.937. The van der Waals surface area contributed by atoms with E-state index in [1.807, 2.05) is 0 Å². The Hall–Kier alpha value is -0.200. The maximum atomic E-state index is 9.33. The Bertz CT molecular complexity index is 128. The summed E-state index contributed by atoms with van der Waals surface area (Å²) < 4.78 is 5.11. The number of ether oxygens (including phenoxy) is 1. The summed E-state index contributed by atoms with van der Waals surface area (Å²) in [6.45, 7) is 2.55. The average Bonchev–Trinajstić information content (AvgIpc) is 2.11. The zero-order valence-electron chi connectivity index (χ0n) is 7.92. The highest BCUT2D eigenvalue weighted by atomic mass is 16.5. The van der Waals surface area contributed by atoms with E-state index in [-0.39, 0.29) is 6.10 Å². The molecule has 2 unspecified atom stereocenters. The van der Waals surface area contributed by atoms with Crippen molar-refractivity contribution in [2.45, 2.75) is 38.3 Å². The van der Waals surface area contributed by atoms with Crippen LogP contribution in [0, 0.1) is 0 Å². The number of hydrogen-bond acceptors (Lipinski definition) is 5. The van der Waals surface area contributed by atoms with E-state index in [1.54, 1.807) is 13.8 Å². The number of hydrogen-bond donors (Lipinski definition) is 4. The van der Waals surface area contributed by atoms with E-state index < -0.39 is 31.5 Å². The van der Waals surface area contributed by atoms with Crippen LogP contribution in [0.25, 0.3) is 0 Å². The Morgan fingerprint density at radius 1 is 1.08 bits per heavy atom. The normalized spacial score (nSPS) is 18.7. The van der Waals surface area contributed by atoms with Crippen molar-refractivity contribution in [3.05, 3.63) is 0 Å². The molecule has 0 aliphatic heterocycles. The Balaban J connectivity index is 4.05. The van der Waals surface area contributed by atoms with Crippen molar-refractivity contribution in [1.82, 2.24) is 0 Å². The van der Waals surface area contributed by atoms with Crippen LogP contribution in [0.2, 0.25) is 0 Å². The molecule has 5 heteroatoms. The molecule has 0 aromatic heterocycles. The molecule has 13 heavy (non-hydrogen) atoms. The summed E-state index contributed by atoms with van der Waals surface area (Å²) in [7, 11) is 0. The molecule has 0 rings (SSSR count). The third kappa shape index (κ3) is 4.54. The van der Waals surface area contributed by atoms with E-state index in [0.717, 1.165) is 0 Å². The third-order valence-corrected chi connectivity index (χ3v) is 1.59. The van der Waals surface area contributed by atoms with E-state index in [4.69, 9.17) is 20.1 Å². The van der Waals surface area contributed by atoms with Crippen LogP contribution in [0.15, 0.2) is 0 Å². The minimum Gasteiger partial charge on any atom is -0.394 e. The molecule has 0 fully saturated rings. The van der Waals surface area contributed by atoms with Gasteiger partial charge in [-0.25, -0.2) is 0 Å². The summed E-state index contributed by atoms with van der Waals surface area (Å²) >= 11 is 0. The van der Waals surface area contributed by atoms with Crippen LogP contribution in [0.4, 0.5) is 0 Å². The smallest absolute Gasteiger partial charge is 0.110 e. The highest BCUT2D eigenvalue weighted by molar-refractivity contribution is 4.75. The first-order chi connectivity index (χ1) is 6.02. The van der Waals surface area contributed by atoms with Gasteiger partial charge >= 0.3 is 0 Å². The van der Waals surface area contributed by atoms with Crippen LogP contribution >= 0.6 is 0 Å². The molecular weight excluding hydrogens is 176 g/mol. The maximum Gasteiger partial charge on any atom is 0.110 e. The van der Waals surface area contributed by atoms with Gasteiger partial charge in [0.1, 0.15) is 18.3 Å². The predicted octanol–water partition coefficient (Wildman–Crippen LogP) is -1.51. The highest BCUT2D eigenvalue weighted by Gasteiger charge is 2.26. The van der Waals surface area contributed by atoms with Gasteiger partial charge in [-0.3, -0.25) is 0 Å². The first kappa shape index (κ1) is 12.8. The molecule has 0 aliphatic carbocycles. The highest BCUT2D eigenvalue weighted by Crippen LogP contribution is 2.06. The molecule has 0 aromatic rings. The van der Waals surface area contributed by atoms with Gasteiger partial charge in [0.25, 0.3) is 0 Å². The second-order valence-electron chi connectivity index (χ2n) is 3.15. The van der Waals surface area contributed by atoms with Crippen molar-refractivity contribution in [3.63, 3.8) is 0 Å². The van der Waals surface area contributed by atoms with Crippen LogP contribution in [-0.2, 0) is 4.74 Å². The van der Waals surface area contributed by atoms with Crippen LogP contribution in [-0.4, -0.2) is 58.1 Å².